The van der Waals surface area contributed by atoms with Gasteiger partial charge in [0, 0.05) is 30.6 Å². The standard InChI is InChI=1S/C31H34FN5O3S2/c1-2-21-17-31(21,19-33)36-29(38)25-6-4-3-5-24(25)27-28(41-30(35-27)26-12-9-22(32)18-34-26)20-7-10-23(11-8-20)37-13-15-42(39,40)16-14-37/h7-12,18,21,24-25H,2-6,13-17H2,1H3,(H,36,38)/t21?,24-,25-,31?/m1/s1. The van der Waals surface area contributed by atoms with E-state index in [-0.39, 0.29) is 35.2 Å². The molecule has 1 saturated heterocycles. The van der Waals surface area contributed by atoms with Crippen molar-refractivity contribution in [2.24, 2.45) is 11.8 Å². The molecule has 3 aliphatic rings. The molecule has 0 bridgehead atoms. The quantitative estimate of drug-likeness (QED) is 0.386. The molecule has 1 amide bonds. The smallest absolute Gasteiger partial charge is 0.225 e. The van der Waals surface area contributed by atoms with Crippen molar-refractivity contribution in [3.63, 3.8) is 0 Å². The minimum Gasteiger partial charge on any atom is -0.369 e. The number of hydrogen-bond acceptors (Lipinski definition) is 8. The summed E-state index contributed by atoms with van der Waals surface area (Å²) >= 11 is 1.48. The fourth-order valence-corrected chi connectivity index (χ4v) is 8.74. The Morgan fingerprint density at radius 1 is 1.17 bits per heavy atom. The molecule has 2 unspecified atom stereocenters. The van der Waals surface area contributed by atoms with Crippen LogP contribution >= 0.6 is 11.3 Å². The summed E-state index contributed by atoms with van der Waals surface area (Å²) in [5.74, 6) is -0.422. The van der Waals surface area contributed by atoms with Crippen LogP contribution in [0.2, 0.25) is 0 Å². The third kappa shape index (κ3) is 5.66. The van der Waals surface area contributed by atoms with E-state index in [1.54, 1.807) is 6.07 Å². The van der Waals surface area contributed by atoms with Gasteiger partial charge in [0.05, 0.1) is 40.0 Å². The Labute approximate surface area is 249 Å². The van der Waals surface area contributed by atoms with Gasteiger partial charge in [-0.1, -0.05) is 31.9 Å². The van der Waals surface area contributed by atoms with Crippen molar-refractivity contribution in [1.29, 1.82) is 5.26 Å². The first kappa shape index (κ1) is 28.7. The average molecular weight is 608 g/mol. The van der Waals surface area contributed by atoms with Gasteiger partial charge in [-0.2, -0.15) is 5.26 Å². The molecule has 220 valence electrons. The molecule has 3 heterocycles. The number of aromatic nitrogens is 2. The normalized spacial score (nSPS) is 26.8. The van der Waals surface area contributed by atoms with Crippen molar-refractivity contribution >= 4 is 32.8 Å². The highest BCUT2D eigenvalue weighted by molar-refractivity contribution is 7.91. The molecule has 42 heavy (non-hydrogen) atoms. The molecule has 0 spiro atoms. The first-order valence-corrected chi connectivity index (χ1v) is 17.3. The van der Waals surface area contributed by atoms with Gasteiger partial charge in [0.2, 0.25) is 5.91 Å². The lowest BCUT2D eigenvalue weighted by atomic mass is 9.76. The maximum absolute atomic E-state index is 13.7. The first-order chi connectivity index (χ1) is 20.2. The molecule has 11 heteroatoms. The second-order valence-electron chi connectivity index (χ2n) is 11.7. The Morgan fingerprint density at radius 3 is 2.55 bits per heavy atom. The third-order valence-corrected chi connectivity index (χ3v) is 11.8. The van der Waals surface area contributed by atoms with Crippen molar-refractivity contribution in [2.45, 2.75) is 56.9 Å². The van der Waals surface area contributed by atoms with Gasteiger partial charge >= 0.3 is 0 Å². The highest BCUT2D eigenvalue weighted by Gasteiger charge is 2.55. The number of anilines is 1. The summed E-state index contributed by atoms with van der Waals surface area (Å²) in [6, 6.07) is 13.4. The van der Waals surface area contributed by atoms with E-state index in [0.717, 1.165) is 53.9 Å². The highest BCUT2D eigenvalue weighted by atomic mass is 32.2. The lowest BCUT2D eigenvalue weighted by Crippen LogP contribution is -2.43. The molecular formula is C31H34FN5O3S2. The van der Waals surface area contributed by atoms with Crippen LogP contribution in [0.5, 0.6) is 0 Å². The van der Waals surface area contributed by atoms with Crippen LogP contribution in [-0.4, -0.2) is 54.4 Å². The highest BCUT2D eigenvalue weighted by Crippen LogP contribution is 2.48. The SMILES string of the molecule is CCC1CC1(C#N)NC(=O)[C@@H]1CCCC[C@H]1c1nc(-c2ccc(F)cn2)sc1-c1ccc(N2CCS(=O)(=O)CC2)cc1. The number of hydrogen-bond donors (Lipinski definition) is 1. The number of halogens is 1. The van der Waals surface area contributed by atoms with Gasteiger partial charge < -0.3 is 10.2 Å². The van der Waals surface area contributed by atoms with Gasteiger partial charge in [0.25, 0.3) is 0 Å². The van der Waals surface area contributed by atoms with Gasteiger partial charge in [-0.05, 0) is 61.4 Å². The molecule has 2 aliphatic carbocycles. The van der Waals surface area contributed by atoms with Crippen molar-refractivity contribution in [3.8, 4) is 27.2 Å². The van der Waals surface area contributed by atoms with Gasteiger partial charge in [-0.15, -0.1) is 11.3 Å². The number of thiazole rings is 1. The van der Waals surface area contributed by atoms with Crippen LogP contribution in [0.1, 0.15) is 57.1 Å². The van der Waals surface area contributed by atoms with Crippen LogP contribution in [0.3, 0.4) is 0 Å². The zero-order valence-electron chi connectivity index (χ0n) is 23.6. The maximum atomic E-state index is 13.7. The summed E-state index contributed by atoms with van der Waals surface area (Å²) < 4.78 is 37.4. The summed E-state index contributed by atoms with van der Waals surface area (Å²) in [7, 11) is -2.97. The summed E-state index contributed by atoms with van der Waals surface area (Å²) in [6.45, 7) is 2.98. The van der Waals surface area contributed by atoms with Crippen molar-refractivity contribution in [3.05, 3.63) is 54.1 Å². The number of benzene rings is 1. The Hall–Kier alpha value is -3.36. The second kappa shape index (κ2) is 11.4. The van der Waals surface area contributed by atoms with E-state index in [0.29, 0.717) is 30.2 Å². The molecule has 1 aromatic carbocycles. The zero-order valence-corrected chi connectivity index (χ0v) is 25.2. The number of pyridine rings is 1. The van der Waals surface area contributed by atoms with Crippen molar-refractivity contribution in [2.75, 3.05) is 29.5 Å². The van der Waals surface area contributed by atoms with E-state index in [1.807, 2.05) is 31.2 Å². The predicted octanol–water partition coefficient (Wildman–Crippen LogP) is 5.33. The van der Waals surface area contributed by atoms with Crippen LogP contribution < -0.4 is 10.2 Å². The van der Waals surface area contributed by atoms with Crippen molar-refractivity contribution < 1.29 is 17.6 Å². The minimum absolute atomic E-state index is 0.0759. The zero-order chi connectivity index (χ0) is 29.5. The molecule has 3 aromatic rings. The number of amides is 1. The number of carbonyl (C=O) groups is 1. The fourth-order valence-electron chi connectivity index (χ4n) is 6.42. The van der Waals surface area contributed by atoms with Gasteiger partial charge in [0.1, 0.15) is 16.4 Å². The van der Waals surface area contributed by atoms with Crippen molar-refractivity contribution in [1.82, 2.24) is 15.3 Å². The Kier molecular flexibility index (Phi) is 7.79. The molecule has 1 aliphatic heterocycles. The predicted molar refractivity (Wildman–Crippen MR) is 161 cm³/mol. The molecule has 1 N–H and O–H groups in total. The molecule has 3 fully saturated rings. The van der Waals surface area contributed by atoms with Gasteiger partial charge in [0.15, 0.2) is 9.84 Å². The van der Waals surface area contributed by atoms with Crippen LogP contribution in [0.15, 0.2) is 42.6 Å². The van der Waals surface area contributed by atoms with Gasteiger partial charge in [-0.25, -0.2) is 17.8 Å². The number of rotatable bonds is 7. The molecule has 6 rings (SSSR count). The number of sulfone groups is 1. The Morgan fingerprint density at radius 2 is 1.90 bits per heavy atom. The largest absolute Gasteiger partial charge is 0.369 e. The summed E-state index contributed by atoms with van der Waals surface area (Å²) in [4.78, 5) is 26.0. The lowest BCUT2D eigenvalue weighted by Gasteiger charge is -2.31. The monoisotopic (exact) mass is 607 g/mol. The third-order valence-electron chi connectivity index (χ3n) is 9.04. The number of nitriles is 1. The molecular weight excluding hydrogens is 574 g/mol. The second-order valence-corrected chi connectivity index (χ2v) is 15.0. The van der Waals surface area contributed by atoms with Crippen LogP contribution in [-0.2, 0) is 14.6 Å². The number of nitrogens with zero attached hydrogens (tertiary/aromatic N) is 4. The summed E-state index contributed by atoms with van der Waals surface area (Å²) in [5, 5.41) is 13.6. The van der Waals surface area contributed by atoms with E-state index in [9.17, 15) is 22.9 Å². The first-order valence-electron chi connectivity index (χ1n) is 14.6. The molecule has 2 saturated carbocycles. The minimum atomic E-state index is -2.97. The van der Waals surface area contributed by atoms with E-state index >= 15 is 0 Å². The topological polar surface area (TPSA) is 116 Å². The van der Waals surface area contributed by atoms with Gasteiger partial charge in [-0.3, -0.25) is 9.78 Å². The fraction of sp³-hybridized carbons (Fsp3) is 0.484. The van der Waals surface area contributed by atoms with E-state index < -0.39 is 21.2 Å². The molecule has 0 radical (unpaired) electrons. The maximum Gasteiger partial charge on any atom is 0.225 e. The van der Waals surface area contributed by atoms with E-state index in [4.69, 9.17) is 4.98 Å². The molecule has 2 aromatic heterocycles. The average Bonchev–Trinajstić information content (AvgIpc) is 3.53. The van der Waals surface area contributed by atoms with Crippen LogP contribution in [0, 0.1) is 29.0 Å². The lowest BCUT2D eigenvalue weighted by molar-refractivity contribution is -0.127. The summed E-state index contributed by atoms with van der Waals surface area (Å²) in [6.07, 6.45) is 6.19. The molecule has 4 atom stereocenters. The Bertz CT molecular complexity index is 1600. The van der Waals surface area contributed by atoms with Crippen LogP contribution in [0.25, 0.3) is 21.1 Å². The molecule has 8 nitrogen and oxygen atoms in total. The van der Waals surface area contributed by atoms with Crippen LogP contribution in [0.4, 0.5) is 10.1 Å². The number of carbonyl (C=O) groups excluding carboxylic acids is 1. The number of nitrogens with one attached hydrogen (secondary N) is 1. The van der Waals surface area contributed by atoms with E-state index in [2.05, 4.69) is 21.3 Å². The summed E-state index contributed by atoms with van der Waals surface area (Å²) in [5.41, 5.74) is 2.57. The van der Waals surface area contributed by atoms with E-state index in [1.165, 1.54) is 23.6 Å². The Balaban J connectivity index is 1.34.